The van der Waals surface area contributed by atoms with Gasteiger partial charge in [0, 0.05) is 12.1 Å². The molecule has 2 heterocycles. The summed E-state index contributed by atoms with van der Waals surface area (Å²) in [4.78, 5) is 32.6. The first-order valence-electron chi connectivity index (χ1n) is 9.13. The summed E-state index contributed by atoms with van der Waals surface area (Å²) in [5.41, 5.74) is 6.08. The maximum atomic E-state index is 13.7. The van der Waals surface area contributed by atoms with Crippen molar-refractivity contribution in [3.05, 3.63) is 46.1 Å². The molecule has 2 N–H and O–H groups in total. The molecule has 4 rings (SSSR count). The molecule has 1 radical (unpaired) electrons. The number of thiazole rings is 1. The van der Waals surface area contributed by atoms with Crippen LogP contribution < -0.4 is 5.73 Å². The second-order valence-electron chi connectivity index (χ2n) is 7.54. The predicted molar refractivity (Wildman–Crippen MR) is 109 cm³/mol. The molecule has 5 nitrogen and oxygen atoms in total. The van der Waals surface area contributed by atoms with Gasteiger partial charge in [-0.05, 0) is 66.7 Å². The number of nitrogens with zero attached hydrogens (tertiary/aromatic N) is 2. The van der Waals surface area contributed by atoms with Crippen LogP contribution in [0.5, 0.6) is 0 Å². The minimum Gasteiger partial charge on any atom is -0.369 e. The van der Waals surface area contributed by atoms with Crippen molar-refractivity contribution < 1.29 is 14.0 Å². The Morgan fingerprint density at radius 3 is 2.89 bits per heavy atom. The highest BCUT2D eigenvalue weighted by molar-refractivity contribution is 9.10. The Hall–Kier alpha value is -1.80. The van der Waals surface area contributed by atoms with Crippen LogP contribution in [0.1, 0.15) is 41.2 Å². The Labute approximate surface area is 175 Å². The Morgan fingerprint density at radius 1 is 1.46 bits per heavy atom. The number of halogens is 2. The van der Waals surface area contributed by atoms with Gasteiger partial charge >= 0.3 is 0 Å². The first-order chi connectivity index (χ1) is 13.2. The first-order valence-corrected chi connectivity index (χ1v) is 10.7. The third-order valence-electron chi connectivity index (χ3n) is 5.91. The SMILES string of the molecule is [CH2][C@H]1C[C@@]2(C(N)=O)CCC[C@@H]2N1C(=O)c1nc(C)sc1-c1ccc(F)c(Br)c1. The van der Waals surface area contributed by atoms with Gasteiger partial charge in [0.2, 0.25) is 5.91 Å². The molecule has 1 aromatic carbocycles. The zero-order chi connectivity index (χ0) is 20.2. The number of carbonyl (C=O) groups is 2. The lowest BCUT2D eigenvalue weighted by Crippen LogP contribution is -2.46. The van der Waals surface area contributed by atoms with E-state index in [1.807, 2.05) is 6.92 Å². The molecule has 2 amide bonds. The van der Waals surface area contributed by atoms with E-state index < -0.39 is 5.41 Å². The molecule has 2 aromatic rings. The molecule has 1 aliphatic heterocycles. The van der Waals surface area contributed by atoms with E-state index in [9.17, 15) is 14.0 Å². The zero-order valence-corrected chi connectivity index (χ0v) is 17.8. The smallest absolute Gasteiger partial charge is 0.274 e. The third-order valence-corrected chi connectivity index (χ3v) is 7.54. The van der Waals surface area contributed by atoms with E-state index >= 15 is 0 Å². The van der Waals surface area contributed by atoms with E-state index in [4.69, 9.17) is 5.73 Å². The molecule has 0 bridgehead atoms. The van der Waals surface area contributed by atoms with Crippen LogP contribution in [-0.4, -0.2) is 33.8 Å². The fourth-order valence-electron chi connectivity index (χ4n) is 4.69. The predicted octanol–water partition coefficient (Wildman–Crippen LogP) is 4.09. The van der Waals surface area contributed by atoms with Crippen molar-refractivity contribution >= 4 is 39.1 Å². The average Bonchev–Trinajstić information content (AvgIpc) is 3.28. The molecule has 1 aliphatic carbocycles. The lowest BCUT2D eigenvalue weighted by atomic mass is 9.80. The van der Waals surface area contributed by atoms with Gasteiger partial charge in [0.1, 0.15) is 11.5 Å². The summed E-state index contributed by atoms with van der Waals surface area (Å²) in [6.07, 6.45) is 2.77. The maximum Gasteiger partial charge on any atom is 0.274 e. The molecule has 2 fully saturated rings. The van der Waals surface area contributed by atoms with Crippen LogP contribution in [0.3, 0.4) is 0 Å². The number of hydrogen-bond donors (Lipinski definition) is 1. The summed E-state index contributed by atoms with van der Waals surface area (Å²) in [5, 5.41) is 0.742. The monoisotopic (exact) mass is 464 g/mol. The fourth-order valence-corrected chi connectivity index (χ4v) is 5.98. The molecule has 3 atom stereocenters. The molecule has 0 spiro atoms. The van der Waals surface area contributed by atoms with Gasteiger partial charge < -0.3 is 10.6 Å². The van der Waals surface area contributed by atoms with Crippen molar-refractivity contribution in [3.8, 4) is 10.4 Å². The molecule has 0 unspecified atom stereocenters. The van der Waals surface area contributed by atoms with Crippen molar-refractivity contribution in [1.82, 2.24) is 9.88 Å². The topological polar surface area (TPSA) is 76.3 Å². The van der Waals surface area contributed by atoms with Gasteiger partial charge in [-0.15, -0.1) is 11.3 Å². The minimum atomic E-state index is -0.688. The van der Waals surface area contributed by atoms with Gasteiger partial charge in [-0.3, -0.25) is 9.59 Å². The number of aryl methyl sites for hydroxylation is 1. The van der Waals surface area contributed by atoms with Crippen molar-refractivity contribution in [2.45, 2.75) is 44.7 Å². The third kappa shape index (κ3) is 2.88. The van der Waals surface area contributed by atoms with Crippen LogP contribution >= 0.6 is 27.3 Å². The molecular weight excluding hydrogens is 445 g/mol. The normalized spacial score (nSPS) is 26.5. The number of nitrogens with two attached hydrogens (primary N) is 1. The summed E-state index contributed by atoms with van der Waals surface area (Å²) in [5.74, 6) is -0.960. The van der Waals surface area contributed by atoms with Crippen molar-refractivity contribution in [1.29, 1.82) is 0 Å². The van der Waals surface area contributed by atoms with Crippen molar-refractivity contribution in [3.63, 3.8) is 0 Å². The molecule has 28 heavy (non-hydrogen) atoms. The molecule has 1 aromatic heterocycles. The second-order valence-corrected chi connectivity index (χ2v) is 9.60. The summed E-state index contributed by atoms with van der Waals surface area (Å²) in [6, 6.07) is 4.07. The number of primary amides is 1. The Morgan fingerprint density at radius 2 is 2.21 bits per heavy atom. The summed E-state index contributed by atoms with van der Waals surface area (Å²) >= 11 is 4.59. The molecule has 8 heteroatoms. The van der Waals surface area contributed by atoms with Crippen molar-refractivity contribution in [2.75, 3.05) is 0 Å². The highest BCUT2D eigenvalue weighted by Gasteiger charge is 2.58. The molecule has 2 aliphatic rings. The van der Waals surface area contributed by atoms with E-state index in [0.717, 1.165) is 23.4 Å². The van der Waals surface area contributed by atoms with Crippen LogP contribution in [0.4, 0.5) is 4.39 Å². The van der Waals surface area contributed by atoms with Gasteiger partial charge in [-0.1, -0.05) is 12.5 Å². The second kappa shape index (κ2) is 6.91. The van der Waals surface area contributed by atoms with Crippen LogP contribution in [0.2, 0.25) is 0 Å². The van der Waals surface area contributed by atoms with Crippen LogP contribution in [0.25, 0.3) is 10.4 Å². The number of benzene rings is 1. The highest BCUT2D eigenvalue weighted by Crippen LogP contribution is 2.51. The van der Waals surface area contributed by atoms with E-state index in [0.29, 0.717) is 27.9 Å². The number of aromatic nitrogens is 1. The van der Waals surface area contributed by atoms with Crippen LogP contribution in [0.15, 0.2) is 22.7 Å². The van der Waals surface area contributed by atoms with Gasteiger partial charge in [-0.25, -0.2) is 9.37 Å². The van der Waals surface area contributed by atoms with Gasteiger partial charge in [0.15, 0.2) is 0 Å². The lowest BCUT2D eigenvalue weighted by molar-refractivity contribution is -0.127. The lowest BCUT2D eigenvalue weighted by Gasteiger charge is -2.30. The van der Waals surface area contributed by atoms with Crippen molar-refractivity contribution in [2.24, 2.45) is 11.1 Å². The van der Waals surface area contributed by atoms with E-state index in [-0.39, 0.29) is 29.7 Å². The number of likely N-dealkylation sites (tertiary alicyclic amines) is 1. The minimum absolute atomic E-state index is 0.241. The standard InChI is InChI=1S/C20H20BrFN3O2S/c1-10-9-20(19(23)27)7-3-4-15(20)25(10)18(26)16-17(28-11(2)24-16)12-5-6-14(22)13(21)8-12/h5-6,8,10,15H,1,3-4,7,9H2,2H3,(H2,23,27)/t10-,15-,20-/m0/s1. The molecule has 147 valence electrons. The molecular formula is C20H20BrFN3O2S. The van der Waals surface area contributed by atoms with Gasteiger partial charge in [0.25, 0.3) is 5.91 Å². The zero-order valence-electron chi connectivity index (χ0n) is 15.4. The van der Waals surface area contributed by atoms with E-state index in [2.05, 4.69) is 27.8 Å². The Balaban J connectivity index is 1.75. The maximum absolute atomic E-state index is 13.7. The first kappa shape index (κ1) is 19.5. The van der Waals surface area contributed by atoms with Crippen LogP contribution in [-0.2, 0) is 4.79 Å². The number of carbonyl (C=O) groups excluding carboxylic acids is 2. The highest BCUT2D eigenvalue weighted by atomic mass is 79.9. The summed E-state index contributed by atoms with van der Waals surface area (Å²) < 4.78 is 14.0. The number of amides is 2. The van der Waals surface area contributed by atoms with Gasteiger partial charge in [-0.2, -0.15) is 0 Å². The van der Waals surface area contributed by atoms with E-state index in [1.54, 1.807) is 17.0 Å². The molecule has 1 saturated carbocycles. The largest absolute Gasteiger partial charge is 0.369 e. The number of hydrogen-bond acceptors (Lipinski definition) is 4. The number of fused-ring (bicyclic) bond motifs is 1. The Bertz CT molecular complexity index is 978. The average molecular weight is 465 g/mol. The summed E-state index contributed by atoms with van der Waals surface area (Å²) in [7, 11) is 0. The van der Waals surface area contributed by atoms with Gasteiger partial charge in [0.05, 0.1) is 19.8 Å². The quantitative estimate of drug-likeness (QED) is 0.742. The van der Waals surface area contributed by atoms with E-state index in [1.165, 1.54) is 17.4 Å². The molecule has 1 saturated heterocycles. The fraction of sp³-hybridized carbons (Fsp3) is 0.400. The van der Waals surface area contributed by atoms with Crippen LogP contribution in [0, 0.1) is 25.1 Å². The number of rotatable bonds is 3. The summed E-state index contributed by atoms with van der Waals surface area (Å²) in [6.45, 7) is 5.96. The Kier molecular flexibility index (Phi) is 4.82.